The minimum absolute atomic E-state index is 0.0247. The average molecular weight is 331 g/mol. The van der Waals surface area contributed by atoms with Crippen molar-refractivity contribution >= 4 is 17.3 Å². The molecule has 0 unspecified atom stereocenters. The van der Waals surface area contributed by atoms with E-state index in [9.17, 15) is 25.0 Å². The molecule has 0 aliphatic carbocycles. The molecule has 2 aromatic rings. The van der Waals surface area contributed by atoms with Crippen molar-refractivity contribution in [1.29, 1.82) is 0 Å². The summed E-state index contributed by atoms with van der Waals surface area (Å²) in [7, 11) is 0. The lowest BCUT2D eigenvalue weighted by atomic mass is 10.1. The molecular weight excluding hydrogens is 318 g/mol. The second kappa shape index (κ2) is 6.73. The van der Waals surface area contributed by atoms with E-state index in [-0.39, 0.29) is 29.1 Å². The molecule has 0 aliphatic rings. The Hall–Kier alpha value is -3.49. The molecule has 0 atom stereocenters. The second-order valence-electron chi connectivity index (χ2n) is 4.96. The Kier molecular flexibility index (Phi) is 4.73. The van der Waals surface area contributed by atoms with E-state index < -0.39 is 15.8 Å². The summed E-state index contributed by atoms with van der Waals surface area (Å²) in [6.45, 7) is 1.43. The lowest BCUT2D eigenvalue weighted by Crippen LogP contribution is -2.12. The number of hydrogen-bond donors (Lipinski definition) is 1. The zero-order valence-electron chi connectivity index (χ0n) is 12.6. The molecule has 9 nitrogen and oxygen atoms in total. The van der Waals surface area contributed by atoms with E-state index in [1.165, 1.54) is 30.3 Å². The van der Waals surface area contributed by atoms with E-state index in [4.69, 9.17) is 10.5 Å². The molecule has 2 aromatic carbocycles. The quantitative estimate of drug-likeness (QED) is 0.637. The van der Waals surface area contributed by atoms with Gasteiger partial charge in [0.2, 0.25) is 5.91 Å². The van der Waals surface area contributed by atoms with Gasteiger partial charge in [0.25, 0.3) is 11.4 Å². The minimum atomic E-state index is -0.767. The van der Waals surface area contributed by atoms with Gasteiger partial charge in [-0.2, -0.15) is 0 Å². The fraction of sp³-hybridized carbons (Fsp3) is 0.133. The fourth-order valence-corrected chi connectivity index (χ4v) is 2.09. The van der Waals surface area contributed by atoms with E-state index in [0.29, 0.717) is 11.3 Å². The van der Waals surface area contributed by atoms with Gasteiger partial charge in [-0.25, -0.2) is 0 Å². The number of rotatable bonds is 6. The number of aryl methyl sites for hydroxylation is 1. The number of nitrogens with zero attached hydrogens (tertiary/aromatic N) is 2. The van der Waals surface area contributed by atoms with E-state index >= 15 is 0 Å². The first-order valence-corrected chi connectivity index (χ1v) is 6.74. The highest BCUT2D eigenvalue weighted by molar-refractivity contribution is 5.93. The van der Waals surface area contributed by atoms with Crippen molar-refractivity contribution in [2.75, 3.05) is 0 Å². The molecule has 0 radical (unpaired) electrons. The molecule has 24 heavy (non-hydrogen) atoms. The number of amides is 1. The Balaban J connectivity index is 2.23. The van der Waals surface area contributed by atoms with Gasteiger partial charge in [-0.05, 0) is 31.2 Å². The van der Waals surface area contributed by atoms with Crippen molar-refractivity contribution in [2.45, 2.75) is 13.5 Å². The van der Waals surface area contributed by atoms with Gasteiger partial charge in [-0.3, -0.25) is 25.0 Å². The summed E-state index contributed by atoms with van der Waals surface area (Å²) in [6.07, 6.45) is 0. The van der Waals surface area contributed by atoms with Crippen molar-refractivity contribution in [2.24, 2.45) is 5.73 Å². The number of nitro benzene ring substituents is 2. The van der Waals surface area contributed by atoms with Crippen LogP contribution in [-0.2, 0) is 6.61 Å². The van der Waals surface area contributed by atoms with Gasteiger partial charge in [0, 0.05) is 23.3 Å². The highest BCUT2D eigenvalue weighted by atomic mass is 16.6. The monoisotopic (exact) mass is 331 g/mol. The van der Waals surface area contributed by atoms with Crippen LogP contribution in [-0.4, -0.2) is 15.8 Å². The van der Waals surface area contributed by atoms with Crippen LogP contribution in [0.5, 0.6) is 5.75 Å². The topological polar surface area (TPSA) is 139 Å². The van der Waals surface area contributed by atoms with E-state index in [2.05, 4.69) is 0 Å². The summed E-state index contributed by atoms with van der Waals surface area (Å²) in [5.41, 5.74) is 5.46. The first kappa shape index (κ1) is 16.9. The van der Waals surface area contributed by atoms with Gasteiger partial charge >= 0.3 is 0 Å². The Morgan fingerprint density at radius 1 is 1.08 bits per heavy atom. The predicted octanol–water partition coefficient (Wildman–Crippen LogP) is 2.49. The van der Waals surface area contributed by atoms with Gasteiger partial charge in [-0.1, -0.05) is 0 Å². The van der Waals surface area contributed by atoms with Gasteiger partial charge in [0.05, 0.1) is 15.4 Å². The Labute approximate surface area is 136 Å². The van der Waals surface area contributed by atoms with Crippen LogP contribution in [0.3, 0.4) is 0 Å². The molecule has 2 N–H and O–H groups in total. The predicted molar refractivity (Wildman–Crippen MR) is 83.8 cm³/mol. The molecule has 0 bridgehead atoms. The van der Waals surface area contributed by atoms with Crippen LogP contribution in [0, 0.1) is 27.2 Å². The SMILES string of the molecule is Cc1cc(OCc2ccc(C(N)=O)cc2[N+](=O)[O-])ccc1[N+](=O)[O-]. The third-order valence-corrected chi connectivity index (χ3v) is 3.33. The maximum atomic E-state index is 11.1. The van der Waals surface area contributed by atoms with Crippen molar-refractivity contribution in [3.05, 3.63) is 73.3 Å². The van der Waals surface area contributed by atoms with Crippen LogP contribution >= 0.6 is 0 Å². The molecular formula is C15H13N3O6. The molecule has 0 aromatic heterocycles. The Morgan fingerprint density at radius 3 is 2.29 bits per heavy atom. The zero-order chi connectivity index (χ0) is 17.9. The summed E-state index contributed by atoms with van der Waals surface area (Å²) in [5, 5.41) is 21.9. The first-order valence-electron chi connectivity index (χ1n) is 6.74. The lowest BCUT2D eigenvalue weighted by Gasteiger charge is -2.08. The van der Waals surface area contributed by atoms with E-state index in [1.807, 2.05) is 0 Å². The number of hydrogen-bond acceptors (Lipinski definition) is 6. The third kappa shape index (κ3) is 3.64. The highest BCUT2D eigenvalue weighted by Gasteiger charge is 2.17. The van der Waals surface area contributed by atoms with Crippen molar-refractivity contribution in [3.8, 4) is 5.75 Å². The molecule has 1 amide bonds. The Morgan fingerprint density at radius 2 is 1.75 bits per heavy atom. The highest BCUT2D eigenvalue weighted by Crippen LogP contribution is 2.26. The van der Waals surface area contributed by atoms with Crippen LogP contribution in [0.1, 0.15) is 21.5 Å². The van der Waals surface area contributed by atoms with E-state index in [0.717, 1.165) is 6.07 Å². The number of benzene rings is 2. The molecule has 2 rings (SSSR count). The number of nitro groups is 2. The smallest absolute Gasteiger partial charge is 0.276 e. The fourth-order valence-electron chi connectivity index (χ4n) is 2.09. The van der Waals surface area contributed by atoms with Crippen LogP contribution in [0.25, 0.3) is 0 Å². The summed E-state index contributed by atoms with van der Waals surface area (Å²) < 4.78 is 5.46. The van der Waals surface area contributed by atoms with Crippen molar-refractivity contribution in [1.82, 2.24) is 0 Å². The molecule has 0 saturated carbocycles. The number of carbonyl (C=O) groups is 1. The van der Waals surface area contributed by atoms with Crippen molar-refractivity contribution < 1.29 is 19.4 Å². The summed E-state index contributed by atoms with van der Waals surface area (Å²) in [6, 6.07) is 8.03. The van der Waals surface area contributed by atoms with Crippen LogP contribution in [0.4, 0.5) is 11.4 Å². The largest absolute Gasteiger partial charge is 0.489 e. The Bertz CT molecular complexity index is 834. The summed E-state index contributed by atoms with van der Waals surface area (Å²) >= 11 is 0. The third-order valence-electron chi connectivity index (χ3n) is 3.33. The zero-order valence-corrected chi connectivity index (χ0v) is 12.6. The summed E-state index contributed by atoms with van der Waals surface area (Å²) in [5.74, 6) is -0.428. The van der Waals surface area contributed by atoms with Gasteiger partial charge in [-0.15, -0.1) is 0 Å². The van der Waals surface area contributed by atoms with Crippen LogP contribution in [0.2, 0.25) is 0 Å². The van der Waals surface area contributed by atoms with Gasteiger partial charge < -0.3 is 10.5 Å². The van der Waals surface area contributed by atoms with Gasteiger partial charge in [0.15, 0.2) is 0 Å². The minimum Gasteiger partial charge on any atom is -0.489 e. The number of primary amides is 1. The normalized spacial score (nSPS) is 10.2. The van der Waals surface area contributed by atoms with Crippen LogP contribution in [0.15, 0.2) is 36.4 Å². The molecule has 0 spiro atoms. The number of nitrogens with two attached hydrogens (primary N) is 1. The number of ether oxygens (including phenoxy) is 1. The summed E-state index contributed by atoms with van der Waals surface area (Å²) in [4.78, 5) is 31.8. The maximum absolute atomic E-state index is 11.1. The molecule has 0 aliphatic heterocycles. The average Bonchev–Trinajstić information content (AvgIpc) is 2.52. The van der Waals surface area contributed by atoms with Gasteiger partial charge in [0.1, 0.15) is 12.4 Å². The maximum Gasteiger partial charge on any atom is 0.276 e. The second-order valence-corrected chi connectivity index (χ2v) is 4.96. The molecule has 124 valence electrons. The molecule has 0 fully saturated rings. The van der Waals surface area contributed by atoms with E-state index in [1.54, 1.807) is 6.92 Å². The molecule has 0 heterocycles. The molecule has 0 saturated heterocycles. The van der Waals surface area contributed by atoms with Crippen LogP contribution < -0.4 is 10.5 Å². The lowest BCUT2D eigenvalue weighted by molar-refractivity contribution is -0.386. The van der Waals surface area contributed by atoms with Crippen molar-refractivity contribution in [3.63, 3.8) is 0 Å². The molecule has 9 heteroatoms. The first-order chi connectivity index (χ1) is 11.3. The standard InChI is InChI=1S/C15H13N3O6/c1-9-6-12(4-5-13(9)17(20)21)24-8-11-3-2-10(15(16)19)7-14(11)18(22)23/h2-7H,8H2,1H3,(H2,16,19). The number of carbonyl (C=O) groups excluding carboxylic acids is 1.